The van der Waals surface area contributed by atoms with Crippen LogP contribution in [0.15, 0.2) is 46.9 Å². The van der Waals surface area contributed by atoms with Crippen LogP contribution >= 0.6 is 0 Å². The van der Waals surface area contributed by atoms with Crippen LogP contribution in [-0.2, 0) is 11.7 Å². The van der Waals surface area contributed by atoms with Gasteiger partial charge in [-0.2, -0.15) is 18.4 Å². The molecule has 0 saturated carbocycles. The van der Waals surface area contributed by atoms with Gasteiger partial charge in [-0.1, -0.05) is 25.5 Å². The maximum Gasteiger partial charge on any atom is 0.416 e. The van der Waals surface area contributed by atoms with Crippen LogP contribution in [0.2, 0.25) is 0 Å². The number of rotatable bonds is 2. The summed E-state index contributed by atoms with van der Waals surface area (Å²) in [7, 11) is 0. The smallest absolute Gasteiger partial charge is 0.331 e. The second-order valence-corrected chi connectivity index (χ2v) is 6.84. The second-order valence-electron chi connectivity index (χ2n) is 6.84. The summed E-state index contributed by atoms with van der Waals surface area (Å²) in [5, 5.41) is 12.9. The summed E-state index contributed by atoms with van der Waals surface area (Å²) in [6.45, 7) is 7.14. The van der Waals surface area contributed by atoms with Gasteiger partial charge in [0.1, 0.15) is 5.54 Å². The number of allylic oxidation sites excluding steroid dienone is 1. The summed E-state index contributed by atoms with van der Waals surface area (Å²) in [5.41, 5.74) is -0.0201. The summed E-state index contributed by atoms with van der Waals surface area (Å²) in [6, 6.07) is 6.19. The van der Waals surface area contributed by atoms with Gasteiger partial charge in [0.15, 0.2) is 0 Å². The van der Waals surface area contributed by atoms with E-state index < -0.39 is 17.3 Å². The molecule has 1 unspecified atom stereocenters. The van der Waals surface area contributed by atoms with Crippen molar-refractivity contribution in [2.45, 2.75) is 39.4 Å². The fraction of sp³-hybridized carbons (Fsp3) is 0.368. The van der Waals surface area contributed by atoms with Gasteiger partial charge in [-0.25, -0.2) is 4.99 Å². The van der Waals surface area contributed by atoms with Crippen molar-refractivity contribution in [3.63, 3.8) is 0 Å². The topological polar surface area (TPSA) is 51.4 Å². The Morgan fingerprint density at radius 3 is 2.50 bits per heavy atom. The molecule has 3 rings (SSSR count). The third kappa shape index (κ3) is 2.48. The van der Waals surface area contributed by atoms with E-state index in [1.54, 1.807) is 37.2 Å². The van der Waals surface area contributed by atoms with Crippen LogP contribution in [0, 0.1) is 24.2 Å². The highest BCUT2D eigenvalue weighted by Crippen LogP contribution is 2.48. The molecular weight excluding hydrogens is 341 g/mol. The van der Waals surface area contributed by atoms with E-state index in [9.17, 15) is 18.4 Å². The summed E-state index contributed by atoms with van der Waals surface area (Å²) >= 11 is 0. The number of nitrogens with zero attached hydrogens (tertiary/aromatic N) is 3. The molecule has 4 nitrogen and oxygen atoms in total. The van der Waals surface area contributed by atoms with Crippen LogP contribution in [-0.4, -0.2) is 10.9 Å². The van der Waals surface area contributed by atoms with Crippen molar-refractivity contribution in [2.24, 2.45) is 10.9 Å². The first-order valence-electron chi connectivity index (χ1n) is 8.24. The summed E-state index contributed by atoms with van der Waals surface area (Å²) in [6.07, 6.45) is -1.07. The monoisotopic (exact) mass is 360 g/mol. The molecule has 0 aliphatic carbocycles. The van der Waals surface area contributed by atoms with E-state index in [0.29, 0.717) is 28.4 Å². The number of halogens is 3. The van der Waals surface area contributed by atoms with Crippen molar-refractivity contribution in [2.75, 3.05) is 0 Å². The lowest BCUT2D eigenvalue weighted by atomic mass is 9.71. The van der Waals surface area contributed by atoms with Crippen molar-refractivity contribution in [3.05, 3.63) is 58.6 Å². The quantitative estimate of drug-likeness (QED) is 0.850. The largest absolute Gasteiger partial charge is 0.416 e. The van der Waals surface area contributed by atoms with Crippen molar-refractivity contribution in [1.82, 2.24) is 10.2 Å². The number of aliphatic imine (C=N–C) groups is 1. The zero-order valence-corrected chi connectivity index (χ0v) is 14.9. The van der Waals surface area contributed by atoms with Crippen molar-refractivity contribution >= 4 is 5.96 Å². The Balaban J connectivity index is 2.37. The molecule has 1 aromatic rings. The van der Waals surface area contributed by atoms with Crippen LogP contribution in [0.5, 0.6) is 0 Å². The van der Waals surface area contributed by atoms with Crippen LogP contribution < -0.4 is 5.32 Å². The third-order valence-electron chi connectivity index (χ3n) is 4.85. The molecule has 1 atom stereocenters. The van der Waals surface area contributed by atoms with E-state index in [2.05, 4.69) is 16.4 Å². The lowest BCUT2D eigenvalue weighted by molar-refractivity contribution is -0.137. The Morgan fingerprint density at radius 1 is 1.23 bits per heavy atom. The molecule has 0 radical (unpaired) electrons. The van der Waals surface area contributed by atoms with Gasteiger partial charge in [0, 0.05) is 12.4 Å². The number of guanidine groups is 1. The van der Waals surface area contributed by atoms with E-state index >= 15 is 0 Å². The fourth-order valence-corrected chi connectivity index (χ4v) is 3.82. The lowest BCUT2D eigenvalue weighted by Crippen LogP contribution is -2.54. The molecule has 0 spiro atoms. The van der Waals surface area contributed by atoms with E-state index in [1.807, 2.05) is 13.8 Å². The van der Waals surface area contributed by atoms with Gasteiger partial charge >= 0.3 is 6.18 Å². The van der Waals surface area contributed by atoms with Gasteiger partial charge in [0.2, 0.25) is 5.96 Å². The number of hydrogen-bond donors (Lipinski definition) is 1. The third-order valence-corrected chi connectivity index (χ3v) is 4.85. The van der Waals surface area contributed by atoms with Gasteiger partial charge in [-0.05, 0) is 37.5 Å². The maximum absolute atomic E-state index is 13.4. The molecule has 0 aromatic heterocycles. The normalized spacial score (nSPS) is 22.3. The van der Waals surface area contributed by atoms with Gasteiger partial charge in [0.25, 0.3) is 0 Å². The predicted molar refractivity (Wildman–Crippen MR) is 92.6 cm³/mol. The van der Waals surface area contributed by atoms with Gasteiger partial charge < -0.3 is 10.2 Å². The molecule has 0 saturated heterocycles. The van der Waals surface area contributed by atoms with E-state index in [1.165, 1.54) is 0 Å². The van der Waals surface area contributed by atoms with Crippen LogP contribution in [0.3, 0.4) is 0 Å². The maximum atomic E-state index is 13.4. The van der Waals surface area contributed by atoms with Gasteiger partial charge in [-0.3, -0.25) is 0 Å². The first-order chi connectivity index (χ1) is 12.1. The van der Waals surface area contributed by atoms with Crippen molar-refractivity contribution < 1.29 is 13.2 Å². The first kappa shape index (κ1) is 18.1. The zero-order chi connectivity index (χ0) is 19.3. The molecule has 2 aliphatic heterocycles. The molecule has 136 valence electrons. The van der Waals surface area contributed by atoms with Crippen LogP contribution in [0.25, 0.3) is 0 Å². The SMILES string of the molecule is CC1=C(C#N)C(c2cc(C)cc(C(F)(F)F)c2)(C(C)C)N2C=CNC2=N1. The standard InChI is InChI=1S/C19H19F3N4/c1-11(2)18(14-7-12(3)8-15(9-14)19(20,21)22)16(10-23)13(4)25-17-24-5-6-26(17)18/h5-9,11H,1-4H3,(H,24,25). The second kappa shape index (κ2) is 5.90. The Kier molecular flexibility index (Phi) is 4.10. The number of hydrogen-bond acceptors (Lipinski definition) is 4. The molecule has 0 amide bonds. The average molecular weight is 360 g/mol. The molecule has 1 aromatic carbocycles. The summed E-state index contributed by atoms with van der Waals surface area (Å²) in [4.78, 5) is 6.16. The molecule has 26 heavy (non-hydrogen) atoms. The zero-order valence-electron chi connectivity index (χ0n) is 14.9. The molecular formula is C19H19F3N4. The van der Waals surface area contributed by atoms with Crippen molar-refractivity contribution in [3.8, 4) is 6.07 Å². The molecule has 2 heterocycles. The number of nitriles is 1. The van der Waals surface area contributed by atoms with Crippen molar-refractivity contribution in [1.29, 1.82) is 5.26 Å². The number of nitrogens with one attached hydrogen (secondary N) is 1. The molecule has 0 fully saturated rings. The minimum Gasteiger partial charge on any atom is -0.331 e. The molecule has 0 bridgehead atoms. The fourth-order valence-electron chi connectivity index (χ4n) is 3.82. The summed E-state index contributed by atoms with van der Waals surface area (Å²) < 4.78 is 40.3. The van der Waals surface area contributed by atoms with Gasteiger partial charge in [0.05, 0.1) is 22.9 Å². The van der Waals surface area contributed by atoms with E-state index in [4.69, 9.17) is 0 Å². The van der Waals surface area contributed by atoms with E-state index in [0.717, 1.165) is 12.1 Å². The minimum absolute atomic E-state index is 0.190. The molecule has 7 heteroatoms. The molecule has 2 aliphatic rings. The summed E-state index contributed by atoms with van der Waals surface area (Å²) in [5.74, 6) is 0.315. The van der Waals surface area contributed by atoms with Crippen LogP contribution in [0.4, 0.5) is 13.2 Å². The van der Waals surface area contributed by atoms with Crippen LogP contribution in [0.1, 0.15) is 37.5 Å². The number of aryl methyl sites for hydroxylation is 1. The Morgan fingerprint density at radius 2 is 1.92 bits per heavy atom. The lowest BCUT2D eigenvalue weighted by Gasteiger charge is -2.47. The highest BCUT2D eigenvalue weighted by Gasteiger charge is 2.51. The number of fused-ring (bicyclic) bond motifs is 1. The first-order valence-corrected chi connectivity index (χ1v) is 8.24. The van der Waals surface area contributed by atoms with Gasteiger partial charge in [-0.15, -0.1) is 0 Å². The Hall–Kier alpha value is -2.75. The number of alkyl halides is 3. The Labute approximate surface area is 150 Å². The highest BCUT2D eigenvalue weighted by molar-refractivity contribution is 5.88. The van der Waals surface area contributed by atoms with E-state index in [-0.39, 0.29) is 5.92 Å². The predicted octanol–water partition coefficient (Wildman–Crippen LogP) is 4.41. The highest BCUT2D eigenvalue weighted by atomic mass is 19.4. The molecule has 1 N–H and O–H groups in total. The number of benzene rings is 1. The average Bonchev–Trinajstić information content (AvgIpc) is 2.99. The minimum atomic E-state index is -4.46. The Bertz CT molecular complexity index is 887.